The number of aromatic nitrogens is 1. The largest absolute Gasteiger partial charge is 0.271 e. The van der Waals surface area contributed by atoms with Gasteiger partial charge in [-0.1, -0.05) is 32.9 Å². The van der Waals surface area contributed by atoms with Gasteiger partial charge in [0.25, 0.3) is 5.91 Å². The Hall–Kier alpha value is -2.49. The number of amides is 1. The fourth-order valence-corrected chi connectivity index (χ4v) is 1.98. The van der Waals surface area contributed by atoms with Crippen LogP contribution in [0.15, 0.2) is 53.9 Å². The van der Waals surface area contributed by atoms with Gasteiger partial charge in [-0.05, 0) is 42.2 Å². The maximum Gasteiger partial charge on any atom is 0.271 e. The lowest BCUT2D eigenvalue weighted by Crippen LogP contribution is -2.20. The minimum atomic E-state index is -0.214. The molecule has 1 aromatic heterocycles. The third-order valence-electron chi connectivity index (χ3n) is 3.44. The van der Waals surface area contributed by atoms with Crippen LogP contribution in [0.1, 0.15) is 49.2 Å². The van der Waals surface area contributed by atoms with Gasteiger partial charge < -0.3 is 0 Å². The Morgan fingerprint density at radius 3 is 2.14 bits per heavy atom. The van der Waals surface area contributed by atoms with Crippen molar-refractivity contribution in [2.75, 3.05) is 0 Å². The van der Waals surface area contributed by atoms with Crippen molar-refractivity contribution < 1.29 is 4.79 Å². The van der Waals surface area contributed by atoms with Crippen molar-refractivity contribution in [2.24, 2.45) is 5.10 Å². The number of carbonyl (C=O) groups excluding carboxylic acids is 1. The van der Waals surface area contributed by atoms with Crippen LogP contribution in [-0.2, 0) is 5.41 Å². The normalized spacial score (nSPS) is 12.1. The van der Waals surface area contributed by atoms with Crippen LogP contribution in [0.5, 0.6) is 0 Å². The molecule has 0 radical (unpaired) electrons. The summed E-state index contributed by atoms with van der Waals surface area (Å²) in [7, 11) is 0. The predicted octanol–water partition coefficient (Wildman–Crippen LogP) is 3.53. The second-order valence-corrected chi connectivity index (χ2v) is 6.20. The van der Waals surface area contributed by atoms with Gasteiger partial charge in [-0.2, -0.15) is 5.10 Å². The molecule has 0 saturated heterocycles. The summed E-state index contributed by atoms with van der Waals surface area (Å²) < 4.78 is 0. The number of nitrogens with one attached hydrogen (secondary N) is 1. The standard InChI is InChI=1S/C18H21N3O/c1-13(14-9-11-19-12-10-14)20-21-17(22)15-5-7-16(8-6-15)18(2,3)4/h5-12H,1-4H3,(H,21,22)/b20-13+. The van der Waals surface area contributed by atoms with Crippen molar-refractivity contribution in [1.29, 1.82) is 0 Å². The number of hydrogen-bond acceptors (Lipinski definition) is 3. The summed E-state index contributed by atoms with van der Waals surface area (Å²) in [5, 5.41) is 4.13. The molecule has 2 aromatic rings. The maximum atomic E-state index is 12.1. The van der Waals surface area contributed by atoms with Gasteiger partial charge in [-0.25, -0.2) is 5.43 Å². The lowest BCUT2D eigenvalue weighted by molar-refractivity contribution is 0.0955. The summed E-state index contributed by atoms with van der Waals surface area (Å²) in [6.07, 6.45) is 3.39. The molecule has 114 valence electrons. The monoisotopic (exact) mass is 295 g/mol. The number of benzene rings is 1. The van der Waals surface area contributed by atoms with Gasteiger partial charge >= 0.3 is 0 Å². The zero-order chi connectivity index (χ0) is 16.2. The Morgan fingerprint density at radius 2 is 1.59 bits per heavy atom. The molecule has 0 fully saturated rings. The van der Waals surface area contributed by atoms with Crippen molar-refractivity contribution in [2.45, 2.75) is 33.1 Å². The van der Waals surface area contributed by atoms with Crippen LogP contribution in [0.3, 0.4) is 0 Å². The first kappa shape index (κ1) is 15.9. The Labute approximate surface area is 131 Å². The van der Waals surface area contributed by atoms with Gasteiger partial charge in [0.2, 0.25) is 0 Å². The van der Waals surface area contributed by atoms with E-state index in [1.54, 1.807) is 12.4 Å². The summed E-state index contributed by atoms with van der Waals surface area (Å²) in [4.78, 5) is 16.1. The van der Waals surface area contributed by atoms with Crippen LogP contribution in [0.25, 0.3) is 0 Å². The second kappa shape index (κ2) is 6.52. The van der Waals surface area contributed by atoms with Gasteiger partial charge in [-0.15, -0.1) is 0 Å². The van der Waals surface area contributed by atoms with E-state index in [2.05, 4.69) is 36.3 Å². The van der Waals surface area contributed by atoms with Crippen LogP contribution >= 0.6 is 0 Å². The molecule has 0 aliphatic carbocycles. The summed E-state index contributed by atoms with van der Waals surface area (Å²) in [5.41, 5.74) is 6.12. The summed E-state index contributed by atoms with van der Waals surface area (Å²) in [5.74, 6) is -0.214. The minimum absolute atomic E-state index is 0.0745. The quantitative estimate of drug-likeness (QED) is 0.695. The third kappa shape index (κ3) is 4.01. The fourth-order valence-electron chi connectivity index (χ4n) is 1.98. The highest BCUT2D eigenvalue weighted by molar-refractivity contribution is 6.00. The highest BCUT2D eigenvalue weighted by Crippen LogP contribution is 2.22. The van der Waals surface area contributed by atoms with Crippen LogP contribution in [0, 0.1) is 0 Å². The van der Waals surface area contributed by atoms with E-state index in [9.17, 15) is 4.79 Å². The zero-order valence-electron chi connectivity index (χ0n) is 13.4. The first-order chi connectivity index (χ1) is 10.4. The maximum absolute atomic E-state index is 12.1. The Balaban J connectivity index is 2.07. The predicted molar refractivity (Wildman–Crippen MR) is 89.1 cm³/mol. The van der Waals surface area contributed by atoms with Crippen molar-refractivity contribution in [1.82, 2.24) is 10.4 Å². The van der Waals surface area contributed by atoms with E-state index in [0.717, 1.165) is 11.3 Å². The molecule has 1 N–H and O–H groups in total. The molecule has 0 unspecified atom stereocenters. The van der Waals surface area contributed by atoms with Crippen LogP contribution in [0.2, 0.25) is 0 Å². The van der Waals surface area contributed by atoms with Gasteiger partial charge in [0, 0.05) is 23.5 Å². The topological polar surface area (TPSA) is 54.4 Å². The van der Waals surface area contributed by atoms with E-state index in [-0.39, 0.29) is 11.3 Å². The Bertz CT molecular complexity index is 668. The molecule has 0 spiro atoms. The van der Waals surface area contributed by atoms with Gasteiger partial charge in [0.05, 0.1) is 5.71 Å². The van der Waals surface area contributed by atoms with E-state index in [1.807, 2.05) is 43.3 Å². The molecule has 4 nitrogen and oxygen atoms in total. The van der Waals surface area contributed by atoms with Gasteiger partial charge in [0.15, 0.2) is 0 Å². The van der Waals surface area contributed by atoms with Crippen molar-refractivity contribution in [3.05, 3.63) is 65.5 Å². The summed E-state index contributed by atoms with van der Waals surface area (Å²) >= 11 is 0. The molecule has 22 heavy (non-hydrogen) atoms. The molecule has 0 bridgehead atoms. The van der Waals surface area contributed by atoms with Crippen LogP contribution < -0.4 is 5.43 Å². The van der Waals surface area contributed by atoms with E-state index in [0.29, 0.717) is 5.56 Å². The lowest BCUT2D eigenvalue weighted by atomic mass is 9.87. The number of hydrazone groups is 1. The van der Waals surface area contributed by atoms with Gasteiger partial charge in [-0.3, -0.25) is 9.78 Å². The average molecular weight is 295 g/mol. The number of rotatable bonds is 3. The molecule has 0 saturated carbocycles. The molecule has 1 amide bonds. The molecule has 0 atom stereocenters. The van der Waals surface area contributed by atoms with E-state index < -0.39 is 0 Å². The van der Waals surface area contributed by atoms with E-state index in [4.69, 9.17) is 0 Å². The smallest absolute Gasteiger partial charge is 0.267 e. The third-order valence-corrected chi connectivity index (χ3v) is 3.44. The highest BCUT2D eigenvalue weighted by atomic mass is 16.2. The minimum Gasteiger partial charge on any atom is -0.267 e. The number of pyridine rings is 1. The molecule has 2 rings (SSSR count). The van der Waals surface area contributed by atoms with Crippen LogP contribution in [-0.4, -0.2) is 16.6 Å². The van der Waals surface area contributed by atoms with Crippen LogP contribution in [0.4, 0.5) is 0 Å². The van der Waals surface area contributed by atoms with Crippen molar-refractivity contribution in [3.63, 3.8) is 0 Å². The molecule has 0 aliphatic heterocycles. The summed E-state index contributed by atoms with van der Waals surface area (Å²) in [6, 6.07) is 11.3. The fraction of sp³-hybridized carbons (Fsp3) is 0.278. The number of hydrogen-bond donors (Lipinski definition) is 1. The lowest BCUT2D eigenvalue weighted by Gasteiger charge is -2.18. The van der Waals surface area contributed by atoms with Gasteiger partial charge in [0.1, 0.15) is 0 Å². The first-order valence-electron chi connectivity index (χ1n) is 7.23. The molecule has 1 heterocycles. The SMILES string of the molecule is C/C(=N\NC(=O)c1ccc(C(C)(C)C)cc1)c1ccncc1. The Morgan fingerprint density at radius 1 is 1.00 bits per heavy atom. The second-order valence-electron chi connectivity index (χ2n) is 6.20. The highest BCUT2D eigenvalue weighted by Gasteiger charge is 2.14. The molecular formula is C18H21N3O. The number of nitrogens with zero attached hydrogens (tertiary/aromatic N) is 2. The molecular weight excluding hydrogens is 274 g/mol. The number of carbonyl (C=O) groups is 1. The van der Waals surface area contributed by atoms with E-state index >= 15 is 0 Å². The molecule has 4 heteroatoms. The molecule has 1 aromatic carbocycles. The first-order valence-corrected chi connectivity index (χ1v) is 7.23. The summed E-state index contributed by atoms with van der Waals surface area (Å²) in [6.45, 7) is 8.28. The zero-order valence-corrected chi connectivity index (χ0v) is 13.4. The van der Waals surface area contributed by atoms with Crippen molar-refractivity contribution >= 4 is 11.6 Å². The molecule has 0 aliphatic rings. The van der Waals surface area contributed by atoms with E-state index in [1.165, 1.54) is 5.56 Å². The Kier molecular flexibility index (Phi) is 4.71. The van der Waals surface area contributed by atoms with Crippen molar-refractivity contribution in [3.8, 4) is 0 Å². The average Bonchev–Trinajstić information content (AvgIpc) is 2.52.